The molecule has 118 valence electrons. The lowest BCUT2D eigenvalue weighted by atomic mass is 10.0. The predicted molar refractivity (Wildman–Crippen MR) is 83.2 cm³/mol. The standard InChI is InChI=1S/C12H19N3O4S2/c1-3-20(16,17)15-8-4-5-10-9-11(6-7-12(10)15)14-21(18,19)13-2/h6-7,9,13-14H,3-5,8H2,1-2H3. The molecule has 1 heterocycles. The van der Waals surface area contributed by atoms with Gasteiger partial charge in [-0.15, -0.1) is 0 Å². The fourth-order valence-corrected chi connectivity index (χ4v) is 4.01. The summed E-state index contributed by atoms with van der Waals surface area (Å²) in [5.41, 5.74) is 1.88. The molecule has 0 atom stereocenters. The maximum atomic E-state index is 12.1. The average molecular weight is 333 g/mol. The van der Waals surface area contributed by atoms with Crippen molar-refractivity contribution in [3.8, 4) is 0 Å². The van der Waals surface area contributed by atoms with Crippen molar-refractivity contribution in [2.75, 3.05) is 28.4 Å². The molecule has 1 aliphatic heterocycles. The second-order valence-electron chi connectivity index (χ2n) is 4.73. The van der Waals surface area contributed by atoms with Crippen LogP contribution in [0.25, 0.3) is 0 Å². The number of anilines is 2. The van der Waals surface area contributed by atoms with Crippen molar-refractivity contribution in [2.24, 2.45) is 0 Å². The first-order chi connectivity index (χ1) is 9.79. The van der Waals surface area contributed by atoms with Gasteiger partial charge in [0.2, 0.25) is 10.0 Å². The average Bonchev–Trinajstić information content (AvgIpc) is 2.46. The highest BCUT2D eigenvalue weighted by atomic mass is 32.2. The zero-order chi connectivity index (χ0) is 15.7. The molecule has 21 heavy (non-hydrogen) atoms. The fraction of sp³-hybridized carbons (Fsp3) is 0.500. The summed E-state index contributed by atoms with van der Waals surface area (Å²) >= 11 is 0. The van der Waals surface area contributed by atoms with Crippen LogP contribution in [0.2, 0.25) is 0 Å². The van der Waals surface area contributed by atoms with Gasteiger partial charge in [0.15, 0.2) is 0 Å². The van der Waals surface area contributed by atoms with Gasteiger partial charge in [-0.05, 0) is 43.5 Å². The van der Waals surface area contributed by atoms with E-state index in [2.05, 4.69) is 9.44 Å². The molecular weight excluding hydrogens is 314 g/mol. The van der Waals surface area contributed by atoms with Crippen LogP contribution in [0.1, 0.15) is 18.9 Å². The highest BCUT2D eigenvalue weighted by molar-refractivity contribution is 7.92. The highest BCUT2D eigenvalue weighted by Gasteiger charge is 2.26. The lowest BCUT2D eigenvalue weighted by Gasteiger charge is -2.30. The quantitative estimate of drug-likeness (QED) is 0.827. The van der Waals surface area contributed by atoms with Crippen molar-refractivity contribution in [3.05, 3.63) is 23.8 Å². The summed E-state index contributed by atoms with van der Waals surface area (Å²) in [7, 11) is -5.57. The van der Waals surface area contributed by atoms with Crippen LogP contribution in [0.15, 0.2) is 18.2 Å². The van der Waals surface area contributed by atoms with Crippen LogP contribution in [-0.4, -0.2) is 36.2 Å². The van der Waals surface area contributed by atoms with Gasteiger partial charge in [-0.25, -0.2) is 13.1 Å². The van der Waals surface area contributed by atoms with Crippen LogP contribution in [0, 0.1) is 0 Å². The molecule has 0 saturated heterocycles. The SMILES string of the molecule is CCS(=O)(=O)N1CCCc2cc(NS(=O)(=O)NC)ccc21. The Hall–Kier alpha value is -1.32. The van der Waals surface area contributed by atoms with Gasteiger partial charge in [0.1, 0.15) is 0 Å². The van der Waals surface area contributed by atoms with E-state index in [0.717, 1.165) is 12.0 Å². The smallest absolute Gasteiger partial charge is 0.271 e. The van der Waals surface area contributed by atoms with Crippen molar-refractivity contribution in [3.63, 3.8) is 0 Å². The Morgan fingerprint density at radius 3 is 2.57 bits per heavy atom. The van der Waals surface area contributed by atoms with Gasteiger partial charge in [-0.1, -0.05) is 0 Å². The maximum absolute atomic E-state index is 12.1. The molecule has 0 saturated carbocycles. The Morgan fingerprint density at radius 1 is 1.24 bits per heavy atom. The van der Waals surface area contributed by atoms with E-state index in [1.54, 1.807) is 25.1 Å². The molecule has 2 rings (SSSR count). The molecule has 0 fully saturated rings. The van der Waals surface area contributed by atoms with E-state index in [4.69, 9.17) is 0 Å². The largest absolute Gasteiger partial charge is 0.298 e. The van der Waals surface area contributed by atoms with Crippen LogP contribution >= 0.6 is 0 Å². The number of rotatable bonds is 5. The number of hydrogen-bond donors (Lipinski definition) is 2. The monoisotopic (exact) mass is 333 g/mol. The fourth-order valence-electron chi connectivity index (χ4n) is 2.28. The molecule has 1 aliphatic rings. The Bertz CT molecular complexity index is 729. The third-order valence-electron chi connectivity index (χ3n) is 3.38. The molecule has 0 spiro atoms. The van der Waals surface area contributed by atoms with Crippen LogP contribution < -0.4 is 13.7 Å². The molecule has 0 bridgehead atoms. The van der Waals surface area contributed by atoms with E-state index >= 15 is 0 Å². The van der Waals surface area contributed by atoms with Gasteiger partial charge >= 0.3 is 0 Å². The summed E-state index contributed by atoms with van der Waals surface area (Å²) in [4.78, 5) is 0. The van der Waals surface area contributed by atoms with E-state index in [9.17, 15) is 16.8 Å². The Kier molecular flexibility index (Phi) is 4.45. The van der Waals surface area contributed by atoms with E-state index in [0.29, 0.717) is 24.3 Å². The molecule has 9 heteroatoms. The molecule has 7 nitrogen and oxygen atoms in total. The zero-order valence-corrected chi connectivity index (χ0v) is 13.6. The molecule has 0 aliphatic carbocycles. The molecular formula is C12H19N3O4S2. The summed E-state index contributed by atoms with van der Waals surface area (Å²) in [5, 5.41) is 0. The molecule has 1 aromatic rings. The third-order valence-corrected chi connectivity index (χ3v) is 6.20. The first-order valence-corrected chi connectivity index (χ1v) is 9.73. The number of fused-ring (bicyclic) bond motifs is 1. The van der Waals surface area contributed by atoms with Crippen molar-refractivity contribution in [1.29, 1.82) is 0 Å². The number of nitrogens with zero attached hydrogens (tertiary/aromatic N) is 1. The van der Waals surface area contributed by atoms with Crippen LogP contribution in [0.4, 0.5) is 11.4 Å². The number of aryl methyl sites for hydroxylation is 1. The molecule has 0 aromatic heterocycles. The van der Waals surface area contributed by atoms with Gasteiger partial charge in [0.25, 0.3) is 10.2 Å². The van der Waals surface area contributed by atoms with Crippen LogP contribution in [0.3, 0.4) is 0 Å². The zero-order valence-electron chi connectivity index (χ0n) is 12.0. The number of benzene rings is 1. The van der Waals surface area contributed by atoms with E-state index in [1.165, 1.54) is 11.4 Å². The normalized spacial score (nSPS) is 15.6. The van der Waals surface area contributed by atoms with E-state index in [-0.39, 0.29) is 5.75 Å². The van der Waals surface area contributed by atoms with Crippen molar-refractivity contribution >= 4 is 31.6 Å². The van der Waals surface area contributed by atoms with Crippen molar-refractivity contribution < 1.29 is 16.8 Å². The topological polar surface area (TPSA) is 95.6 Å². The van der Waals surface area contributed by atoms with Crippen molar-refractivity contribution in [1.82, 2.24) is 4.72 Å². The van der Waals surface area contributed by atoms with Gasteiger partial charge in [-0.2, -0.15) is 8.42 Å². The molecule has 2 N–H and O–H groups in total. The summed E-state index contributed by atoms with van der Waals surface area (Å²) in [6, 6.07) is 4.90. The summed E-state index contributed by atoms with van der Waals surface area (Å²) < 4.78 is 53.1. The maximum Gasteiger partial charge on any atom is 0.298 e. The summed E-state index contributed by atoms with van der Waals surface area (Å²) in [6.45, 7) is 2.07. The Balaban J connectivity index is 2.38. The minimum atomic E-state index is -3.58. The first kappa shape index (κ1) is 16.1. The Labute approximate surface area is 125 Å². The predicted octanol–water partition coefficient (Wildman–Crippen LogP) is 0.665. The van der Waals surface area contributed by atoms with Crippen LogP contribution in [0.5, 0.6) is 0 Å². The van der Waals surface area contributed by atoms with Gasteiger partial charge < -0.3 is 0 Å². The first-order valence-electron chi connectivity index (χ1n) is 6.63. The summed E-state index contributed by atoms with van der Waals surface area (Å²) in [5.74, 6) is 0.0422. The third kappa shape index (κ3) is 3.47. The van der Waals surface area contributed by atoms with Gasteiger partial charge in [-0.3, -0.25) is 9.03 Å². The van der Waals surface area contributed by atoms with Gasteiger partial charge in [0, 0.05) is 13.6 Å². The Morgan fingerprint density at radius 2 is 1.95 bits per heavy atom. The minimum Gasteiger partial charge on any atom is -0.271 e. The van der Waals surface area contributed by atoms with E-state index < -0.39 is 20.2 Å². The van der Waals surface area contributed by atoms with Crippen LogP contribution in [-0.2, 0) is 26.7 Å². The van der Waals surface area contributed by atoms with Crippen molar-refractivity contribution in [2.45, 2.75) is 19.8 Å². The summed E-state index contributed by atoms with van der Waals surface area (Å²) in [6.07, 6.45) is 1.44. The second-order valence-corrected chi connectivity index (χ2v) is 8.53. The number of sulfonamides is 1. The molecule has 0 unspecified atom stereocenters. The lowest BCUT2D eigenvalue weighted by Crippen LogP contribution is -2.36. The number of nitrogens with one attached hydrogen (secondary N) is 2. The van der Waals surface area contributed by atoms with E-state index in [1.807, 2.05) is 0 Å². The number of hydrogen-bond acceptors (Lipinski definition) is 4. The molecule has 0 amide bonds. The molecule has 1 aromatic carbocycles. The van der Waals surface area contributed by atoms with Gasteiger partial charge in [0.05, 0.1) is 17.1 Å². The lowest BCUT2D eigenvalue weighted by molar-refractivity contribution is 0.587. The molecule has 0 radical (unpaired) electrons. The highest BCUT2D eigenvalue weighted by Crippen LogP contribution is 2.31. The second kappa shape index (κ2) is 5.82. The minimum absolute atomic E-state index is 0.0422.